The summed E-state index contributed by atoms with van der Waals surface area (Å²) in [5.41, 5.74) is 1.06. The van der Waals surface area contributed by atoms with E-state index in [1.807, 2.05) is 0 Å². The fraction of sp³-hybridized carbons (Fsp3) is 1.00. The van der Waals surface area contributed by atoms with Gasteiger partial charge in [0, 0.05) is 0 Å². The Hall–Kier alpha value is 0. The molecule has 3 fully saturated rings. The van der Waals surface area contributed by atoms with Crippen LogP contribution in [0.1, 0.15) is 19.3 Å². The van der Waals surface area contributed by atoms with Crippen LogP contribution in [0, 0.1) is 17.3 Å². The van der Waals surface area contributed by atoms with Gasteiger partial charge in [0.1, 0.15) is 0 Å². The molecule has 3 aliphatic carbocycles. The van der Waals surface area contributed by atoms with Crippen LogP contribution in [0.5, 0.6) is 0 Å². The van der Waals surface area contributed by atoms with Crippen LogP contribution < -0.4 is 0 Å². The summed E-state index contributed by atoms with van der Waals surface area (Å²) in [6.07, 6.45) is 4.81. The highest BCUT2D eigenvalue weighted by atomic mass is 14.9. The first-order valence-corrected chi connectivity index (χ1v) is 2.93. The third-order valence-corrected chi connectivity index (χ3v) is 2.99. The van der Waals surface area contributed by atoms with Gasteiger partial charge in [0.2, 0.25) is 0 Å². The largest absolute Gasteiger partial charge is 0.0465 e. The average Bonchev–Trinajstić information content (AvgIpc) is 2.30. The maximum absolute atomic E-state index is 1.61. The first kappa shape index (κ1) is 2.34. The summed E-state index contributed by atoms with van der Waals surface area (Å²) in [7, 11) is 0. The van der Waals surface area contributed by atoms with E-state index in [2.05, 4.69) is 0 Å². The predicted octanol–water partition coefficient (Wildman–Crippen LogP) is 1.42. The van der Waals surface area contributed by atoms with Gasteiger partial charge in [0.05, 0.1) is 0 Å². The Bertz CT molecular complexity index is 101. The predicted molar refractivity (Wildman–Crippen MR) is 23.3 cm³/mol. The molecule has 0 amide bonds. The molecule has 2 unspecified atom stereocenters. The molecule has 1 spiro atoms. The van der Waals surface area contributed by atoms with Crippen molar-refractivity contribution in [1.82, 2.24) is 0 Å². The second kappa shape index (κ2) is 0.356. The molecule has 6 heavy (non-hydrogen) atoms. The van der Waals surface area contributed by atoms with E-state index in [1.54, 1.807) is 19.3 Å². The molecular weight excluding hydrogens is 72.1 g/mol. The Morgan fingerprint density at radius 2 is 1.83 bits per heavy atom. The lowest BCUT2D eigenvalue weighted by Gasteiger charge is -1.87. The molecule has 0 bridgehead atoms. The fourth-order valence-electron chi connectivity index (χ4n) is 2.06. The molecule has 0 heteroatoms. The first-order chi connectivity index (χ1) is 2.93. The van der Waals surface area contributed by atoms with Gasteiger partial charge in [0.25, 0.3) is 0 Å². The number of fused-ring (bicyclic) bond motifs is 3. The second-order valence-corrected chi connectivity index (χ2v) is 3.18. The lowest BCUT2D eigenvalue weighted by molar-refractivity contribution is 0.611. The lowest BCUT2D eigenvalue weighted by atomic mass is 10.2. The molecule has 0 aliphatic heterocycles. The number of rotatable bonds is 0. The van der Waals surface area contributed by atoms with Crippen molar-refractivity contribution in [2.75, 3.05) is 0 Å². The second-order valence-electron chi connectivity index (χ2n) is 3.18. The molecule has 0 heterocycles. The van der Waals surface area contributed by atoms with Gasteiger partial charge >= 0.3 is 0 Å². The summed E-state index contributed by atoms with van der Waals surface area (Å²) < 4.78 is 0. The van der Waals surface area contributed by atoms with Crippen LogP contribution in [-0.2, 0) is 0 Å². The molecule has 0 N–H and O–H groups in total. The van der Waals surface area contributed by atoms with Crippen LogP contribution in [0.15, 0.2) is 0 Å². The Morgan fingerprint density at radius 3 is 1.83 bits per heavy atom. The zero-order valence-corrected chi connectivity index (χ0v) is 3.78. The molecule has 3 aliphatic rings. The zero-order chi connectivity index (χ0) is 3.78. The highest BCUT2D eigenvalue weighted by Gasteiger charge is 2.81. The van der Waals surface area contributed by atoms with E-state index < -0.39 is 0 Å². The molecular formula is C6H8. The maximum Gasteiger partial charge on any atom is -0.0235 e. The Morgan fingerprint density at radius 1 is 1.17 bits per heavy atom. The number of hydrogen-bond acceptors (Lipinski definition) is 0. The van der Waals surface area contributed by atoms with Crippen LogP contribution in [-0.4, -0.2) is 0 Å². The lowest BCUT2D eigenvalue weighted by Crippen LogP contribution is -1.80. The van der Waals surface area contributed by atoms with Crippen molar-refractivity contribution in [2.24, 2.45) is 17.3 Å². The maximum atomic E-state index is 1.61. The van der Waals surface area contributed by atoms with Crippen LogP contribution in [0.2, 0.25) is 0 Å². The van der Waals surface area contributed by atoms with E-state index in [-0.39, 0.29) is 0 Å². The Balaban J connectivity index is 2.15. The van der Waals surface area contributed by atoms with Gasteiger partial charge in [-0.25, -0.2) is 0 Å². The zero-order valence-electron chi connectivity index (χ0n) is 3.78. The van der Waals surface area contributed by atoms with Gasteiger partial charge in [-0.3, -0.25) is 0 Å². The Labute approximate surface area is 37.5 Å². The minimum absolute atomic E-state index is 1.06. The fourth-order valence-corrected chi connectivity index (χ4v) is 2.06. The highest BCUT2D eigenvalue weighted by molar-refractivity contribution is 5.30. The molecule has 0 aromatic rings. The number of hydrogen-bond donors (Lipinski definition) is 0. The normalized spacial score (nSPS) is 64.0. The molecule has 3 saturated carbocycles. The van der Waals surface area contributed by atoms with Crippen molar-refractivity contribution < 1.29 is 0 Å². The van der Waals surface area contributed by atoms with Crippen LogP contribution >= 0.6 is 0 Å². The third kappa shape index (κ3) is 0.0816. The summed E-state index contributed by atoms with van der Waals surface area (Å²) in [5, 5.41) is 0. The van der Waals surface area contributed by atoms with E-state index in [0.29, 0.717) is 0 Å². The Kier molecular flexibility index (Phi) is 0.139. The highest BCUT2D eigenvalue weighted by Crippen LogP contribution is 2.89. The van der Waals surface area contributed by atoms with Crippen molar-refractivity contribution in [3.8, 4) is 0 Å². The monoisotopic (exact) mass is 80.1 g/mol. The third-order valence-electron chi connectivity index (χ3n) is 2.99. The summed E-state index contributed by atoms with van der Waals surface area (Å²) in [6, 6.07) is 0. The van der Waals surface area contributed by atoms with Crippen molar-refractivity contribution in [2.45, 2.75) is 19.3 Å². The SMILES string of the molecule is C1C2C1C21CC1. The molecule has 3 rings (SSSR count). The van der Waals surface area contributed by atoms with Gasteiger partial charge < -0.3 is 0 Å². The van der Waals surface area contributed by atoms with Crippen LogP contribution in [0.3, 0.4) is 0 Å². The molecule has 0 nitrogen and oxygen atoms in total. The van der Waals surface area contributed by atoms with Crippen LogP contribution in [0.25, 0.3) is 0 Å². The van der Waals surface area contributed by atoms with Crippen molar-refractivity contribution in [3.63, 3.8) is 0 Å². The minimum atomic E-state index is 1.06. The van der Waals surface area contributed by atoms with Gasteiger partial charge in [0.15, 0.2) is 0 Å². The first-order valence-electron chi connectivity index (χ1n) is 2.93. The molecule has 0 aromatic carbocycles. The topological polar surface area (TPSA) is 0 Å². The molecule has 0 aromatic heterocycles. The molecule has 32 valence electrons. The minimum Gasteiger partial charge on any atom is -0.0465 e. The van der Waals surface area contributed by atoms with E-state index in [4.69, 9.17) is 0 Å². The smallest absolute Gasteiger partial charge is 0.0235 e. The van der Waals surface area contributed by atoms with E-state index >= 15 is 0 Å². The summed E-state index contributed by atoms with van der Waals surface area (Å²) in [6.45, 7) is 0. The van der Waals surface area contributed by atoms with E-state index in [9.17, 15) is 0 Å². The quantitative estimate of drug-likeness (QED) is 0.412. The van der Waals surface area contributed by atoms with E-state index in [0.717, 1.165) is 5.41 Å². The summed E-state index contributed by atoms with van der Waals surface area (Å²) in [5.74, 6) is 2.55. The van der Waals surface area contributed by atoms with Gasteiger partial charge in [-0.2, -0.15) is 0 Å². The van der Waals surface area contributed by atoms with Crippen molar-refractivity contribution in [3.05, 3.63) is 0 Å². The molecule has 0 saturated heterocycles. The van der Waals surface area contributed by atoms with Crippen LogP contribution in [0.4, 0.5) is 0 Å². The summed E-state index contributed by atoms with van der Waals surface area (Å²) >= 11 is 0. The van der Waals surface area contributed by atoms with Crippen molar-refractivity contribution in [1.29, 1.82) is 0 Å². The molecule has 0 radical (unpaired) electrons. The van der Waals surface area contributed by atoms with Gasteiger partial charge in [-0.05, 0) is 36.5 Å². The molecule has 2 atom stereocenters. The standard InChI is InChI=1S/C6H8/c1-2-6(1)4-3-5(4)6/h4-5H,1-3H2. The average molecular weight is 80.1 g/mol. The van der Waals surface area contributed by atoms with Crippen molar-refractivity contribution >= 4 is 0 Å². The van der Waals surface area contributed by atoms with E-state index in [1.165, 1.54) is 11.8 Å². The van der Waals surface area contributed by atoms with Gasteiger partial charge in [-0.15, -0.1) is 0 Å². The summed E-state index contributed by atoms with van der Waals surface area (Å²) in [4.78, 5) is 0. The van der Waals surface area contributed by atoms with Gasteiger partial charge in [-0.1, -0.05) is 0 Å².